The average molecular weight is 329 g/mol. The molecule has 3 aromatic heterocycles. The zero-order valence-electron chi connectivity index (χ0n) is 13.3. The molecule has 0 saturated heterocycles. The molecule has 0 bridgehead atoms. The van der Waals surface area contributed by atoms with E-state index in [1.54, 1.807) is 13.8 Å². The summed E-state index contributed by atoms with van der Waals surface area (Å²) in [5, 5.41) is 2.91. The number of aromatic nitrogens is 4. The van der Waals surface area contributed by atoms with Crippen LogP contribution in [0.5, 0.6) is 0 Å². The lowest BCUT2D eigenvalue weighted by atomic mass is 10.1. The second kappa shape index (κ2) is 6.11. The maximum absolute atomic E-state index is 12.3. The molecule has 3 heterocycles. The molecular formula is C15H15N5O4. The summed E-state index contributed by atoms with van der Waals surface area (Å²) in [6.07, 6.45) is 2.81. The van der Waals surface area contributed by atoms with Crippen molar-refractivity contribution < 1.29 is 18.7 Å². The number of aryl methyl sites for hydroxylation is 1. The van der Waals surface area contributed by atoms with Gasteiger partial charge in [-0.15, -0.1) is 0 Å². The standard InChI is InChI=1S/C15H15N5O4/c1-4-23-15(22)10-9(7(2)21)8(3)24-14(10)20-13-11-12(17-5-16-11)18-6-19-13/h5-6H,4H2,1-3H3,(H2,16,17,18,19,20). The number of carbonyl (C=O) groups excluding carboxylic acids is 2. The largest absolute Gasteiger partial charge is 0.462 e. The number of imidazole rings is 1. The van der Waals surface area contributed by atoms with E-state index >= 15 is 0 Å². The number of nitrogens with zero attached hydrogens (tertiary/aromatic N) is 3. The second-order valence-electron chi connectivity index (χ2n) is 4.96. The Morgan fingerprint density at radius 1 is 1.29 bits per heavy atom. The van der Waals surface area contributed by atoms with E-state index < -0.39 is 5.97 Å². The summed E-state index contributed by atoms with van der Waals surface area (Å²) >= 11 is 0. The topological polar surface area (TPSA) is 123 Å². The van der Waals surface area contributed by atoms with Crippen molar-refractivity contribution in [3.05, 3.63) is 29.5 Å². The lowest BCUT2D eigenvalue weighted by Gasteiger charge is -2.06. The normalized spacial score (nSPS) is 10.8. The number of ether oxygens (including phenoxy) is 1. The Hall–Kier alpha value is -3.23. The molecule has 0 aliphatic rings. The van der Waals surface area contributed by atoms with Crippen LogP contribution in [0.2, 0.25) is 0 Å². The highest BCUT2D eigenvalue weighted by Crippen LogP contribution is 2.31. The van der Waals surface area contributed by atoms with Gasteiger partial charge in [0.15, 0.2) is 17.2 Å². The maximum Gasteiger partial charge on any atom is 0.344 e. The first-order valence-electron chi connectivity index (χ1n) is 7.25. The molecule has 0 aliphatic carbocycles. The van der Waals surface area contributed by atoms with Gasteiger partial charge in [0.05, 0.1) is 18.5 Å². The minimum absolute atomic E-state index is 0.0492. The summed E-state index contributed by atoms with van der Waals surface area (Å²) in [5.41, 5.74) is 1.24. The predicted molar refractivity (Wildman–Crippen MR) is 84.4 cm³/mol. The van der Waals surface area contributed by atoms with Gasteiger partial charge in [-0.25, -0.2) is 19.7 Å². The summed E-state index contributed by atoms with van der Waals surface area (Å²) in [6, 6.07) is 0. The van der Waals surface area contributed by atoms with Crippen LogP contribution in [0.1, 0.15) is 40.3 Å². The fourth-order valence-electron chi connectivity index (χ4n) is 2.42. The average Bonchev–Trinajstić information content (AvgIpc) is 3.12. The number of fused-ring (bicyclic) bond motifs is 1. The van der Waals surface area contributed by atoms with E-state index in [4.69, 9.17) is 9.15 Å². The van der Waals surface area contributed by atoms with Gasteiger partial charge in [0.25, 0.3) is 0 Å². The number of carbonyl (C=O) groups is 2. The lowest BCUT2D eigenvalue weighted by Crippen LogP contribution is -2.11. The number of furan rings is 1. The molecule has 0 fully saturated rings. The molecule has 0 unspecified atom stereocenters. The summed E-state index contributed by atoms with van der Waals surface area (Å²) in [4.78, 5) is 39.2. The third-order valence-corrected chi connectivity index (χ3v) is 3.37. The van der Waals surface area contributed by atoms with Crippen LogP contribution in [0.3, 0.4) is 0 Å². The van der Waals surface area contributed by atoms with Gasteiger partial charge in [0.2, 0.25) is 5.88 Å². The van der Waals surface area contributed by atoms with Gasteiger partial charge in [-0.05, 0) is 20.8 Å². The zero-order chi connectivity index (χ0) is 17.3. The molecule has 3 rings (SSSR count). The number of anilines is 2. The van der Waals surface area contributed by atoms with Crippen molar-refractivity contribution in [1.82, 2.24) is 19.9 Å². The Balaban J connectivity index is 2.10. The number of aromatic amines is 1. The number of hydrogen-bond donors (Lipinski definition) is 2. The first-order chi connectivity index (χ1) is 11.5. The summed E-state index contributed by atoms with van der Waals surface area (Å²) < 4.78 is 10.6. The molecule has 3 aromatic rings. The van der Waals surface area contributed by atoms with Gasteiger partial charge in [0.1, 0.15) is 23.2 Å². The second-order valence-corrected chi connectivity index (χ2v) is 4.96. The Labute approximate surface area is 136 Å². The number of rotatable bonds is 5. The van der Waals surface area contributed by atoms with E-state index in [2.05, 4.69) is 25.3 Å². The molecule has 0 aromatic carbocycles. The van der Waals surface area contributed by atoms with Gasteiger partial charge in [-0.1, -0.05) is 0 Å². The fraction of sp³-hybridized carbons (Fsp3) is 0.267. The number of Topliss-reactive ketones (excluding diaryl/α,β-unsaturated/α-hetero) is 1. The number of hydrogen-bond acceptors (Lipinski definition) is 8. The first kappa shape index (κ1) is 15.7. The minimum atomic E-state index is -0.642. The molecule has 24 heavy (non-hydrogen) atoms. The van der Waals surface area contributed by atoms with Crippen LogP contribution in [0.25, 0.3) is 11.2 Å². The summed E-state index contributed by atoms with van der Waals surface area (Å²) in [7, 11) is 0. The SMILES string of the molecule is CCOC(=O)c1c(Nc2ncnc3nc[nH]c23)oc(C)c1C(C)=O. The molecule has 9 heteroatoms. The fourth-order valence-corrected chi connectivity index (χ4v) is 2.42. The molecule has 124 valence electrons. The van der Waals surface area contributed by atoms with Gasteiger partial charge in [-0.2, -0.15) is 0 Å². The van der Waals surface area contributed by atoms with Gasteiger partial charge in [0, 0.05) is 0 Å². The highest BCUT2D eigenvalue weighted by Gasteiger charge is 2.28. The highest BCUT2D eigenvalue weighted by molar-refractivity contribution is 6.09. The third kappa shape index (κ3) is 2.60. The van der Waals surface area contributed by atoms with Crippen LogP contribution in [-0.4, -0.2) is 38.3 Å². The molecule has 0 radical (unpaired) electrons. The van der Waals surface area contributed by atoms with E-state index in [-0.39, 0.29) is 29.4 Å². The van der Waals surface area contributed by atoms with E-state index in [1.807, 2.05) is 0 Å². The molecular weight excluding hydrogens is 314 g/mol. The van der Waals surface area contributed by atoms with E-state index in [0.29, 0.717) is 22.7 Å². The Bertz CT molecular complexity index is 927. The molecule has 0 atom stereocenters. The Kier molecular flexibility index (Phi) is 3.98. The summed E-state index contributed by atoms with van der Waals surface area (Å²) in [5.74, 6) is -0.153. The van der Waals surface area contributed by atoms with Crippen molar-refractivity contribution in [3.8, 4) is 0 Å². The van der Waals surface area contributed by atoms with Crippen molar-refractivity contribution in [2.45, 2.75) is 20.8 Å². The van der Waals surface area contributed by atoms with Crippen molar-refractivity contribution in [2.75, 3.05) is 11.9 Å². The van der Waals surface area contributed by atoms with E-state index in [1.165, 1.54) is 19.6 Å². The molecule has 9 nitrogen and oxygen atoms in total. The summed E-state index contributed by atoms with van der Waals surface area (Å²) in [6.45, 7) is 4.83. The molecule has 0 aliphatic heterocycles. The van der Waals surface area contributed by atoms with E-state index in [0.717, 1.165) is 0 Å². The number of ketones is 1. The maximum atomic E-state index is 12.3. The Morgan fingerprint density at radius 2 is 2.08 bits per heavy atom. The van der Waals surface area contributed by atoms with Crippen LogP contribution in [0, 0.1) is 6.92 Å². The van der Waals surface area contributed by atoms with Crippen molar-refractivity contribution >= 4 is 34.6 Å². The van der Waals surface area contributed by atoms with Gasteiger partial charge < -0.3 is 19.5 Å². The van der Waals surface area contributed by atoms with Crippen molar-refractivity contribution in [2.24, 2.45) is 0 Å². The quantitative estimate of drug-likeness (QED) is 0.540. The highest BCUT2D eigenvalue weighted by atomic mass is 16.5. The van der Waals surface area contributed by atoms with Gasteiger partial charge in [-0.3, -0.25) is 4.79 Å². The van der Waals surface area contributed by atoms with Crippen LogP contribution in [0.15, 0.2) is 17.1 Å². The number of esters is 1. The lowest BCUT2D eigenvalue weighted by molar-refractivity contribution is 0.0524. The molecule has 2 N–H and O–H groups in total. The molecule has 0 spiro atoms. The molecule has 0 saturated carbocycles. The molecule has 0 amide bonds. The van der Waals surface area contributed by atoms with E-state index in [9.17, 15) is 9.59 Å². The minimum Gasteiger partial charge on any atom is -0.462 e. The zero-order valence-corrected chi connectivity index (χ0v) is 13.3. The number of nitrogens with one attached hydrogen (secondary N) is 2. The van der Waals surface area contributed by atoms with Crippen LogP contribution in [0.4, 0.5) is 11.7 Å². The van der Waals surface area contributed by atoms with Crippen molar-refractivity contribution in [3.63, 3.8) is 0 Å². The van der Waals surface area contributed by atoms with Crippen LogP contribution >= 0.6 is 0 Å². The predicted octanol–water partition coefficient (Wildman–Crippen LogP) is 2.38. The first-order valence-corrected chi connectivity index (χ1v) is 7.25. The van der Waals surface area contributed by atoms with Crippen LogP contribution in [-0.2, 0) is 4.74 Å². The Morgan fingerprint density at radius 3 is 2.79 bits per heavy atom. The smallest absolute Gasteiger partial charge is 0.344 e. The number of H-pyrrole nitrogens is 1. The third-order valence-electron chi connectivity index (χ3n) is 3.37. The van der Waals surface area contributed by atoms with Crippen LogP contribution < -0.4 is 5.32 Å². The van der Waals surface area contributed by atoms with Crippen molar-refractivity contribution in [1.29, 1.82) is 0 Å². The monoisotopic (exact) mass is 329 g/mol. The van der Waals surface area contributed by atoms with Gasteiger partial charge >= 0.3 is 5.97 Å².